The first kappa shape index (κ1) is 17.3. The average Bonchev–Trinajstić information content (AvgIpc) is 2.58. The first-order chi connectivity index (χ1) is 11.1. The zero-order chi connectivity index (χ0) is 16.7. The van der Waals surface area contributed by atoms with Crippen LogP contribution in [0.25, 0.3) is 0 Å². The van der Waals surface area contributed by atoms with Gasteiger partial charge in [0.2, 0.25) is 5.91 Å². The molecule has 0 spiro atoms. The van der Waals surface area contributed by atoms with E-state index in [-0.39, 0.29) is 18.4 Å². The Morgan fingerprint density at radius 3 is 2.43 bits per heavy atom. The van der Waals surface area contributed by atoms with Crippen LogP contribution in [-0.2, 0) is 4.79 Å². The SMILES string of the molecule is CN(CCOc1ccc(Cl)cc1)C(=O)C(CN)c1ccccc1. The Kier molecular flexibility index (Phi) is 6.44. The van der Waals surface area contributed by atoms with Gasteiger partial charge < -0.3 is 15.4 Å². The molecule has 2 rings (SSSR count). The van der Waals surface area contributed by atoms with Crippen molar-refractivity contribution in [2.45, 2.75) is 5.92 Å². The average molecular weight is 333 g/mol. The van der Waals surface area contributed by atoms with Gasteiger partial charge in [0.15, 0.2) is 0 Å². The summed E-state index contributed by atoms with van der Waals surface area (Å²) in [6, 6.07) is 16.7. The molecule has 1 amide bonds. The van der Waals surface area contributed by atoms with Gasteiger partial charge in [0, 0.05) is 18.6 Å². The highest BCUT2D eigenvalue weighted by atomic mass is 35.5. The van der Waals surface area contributed by atoms with Gasteiger partial charge in [0.05, 0.1) is 12.5 Å². The number of hydrogen-bond donors (Lipinski definition) is 1. The summed E-state index contributed by atoms with van der Waals surface area (Å²) in [5, 5.41) is 0.665. The number of nitrogens with zero attached hydrogens (tertiary/aromatic N) is 1. The van der Waals surface area contributed by atoms with Crippen LogP contribution in [0, 0.1) is 0 Å². The van der Waals surface area contributed by atoms with Crippen molar-refractivity contribution in [1.29, 1.82) is 0 Å². The molecular formula is C18H21ClN2O2. The topological polar surface area (TPSA) is 55.6 Å². The zero-order valence-corrected chi connectivity index (χ0v) is 13.9. The predicted molar refractivity (Wildman–Crippen MR) is 92.8 cm³/mol. The summed E-state index contributed by atoms with van der Waals surface area (Å²) in [4.78, 5) is 14.2. The van der Waals surface area contributed by atoms with Crippen molar-refractivity contribution < 1.29 is 9.53 Å². The number of ether oxygens (including phenoxy) is 1. The molecule has 0 aliphatic carbocycles. The van der Waals surface area contributed by atoms with E-state index < -0.39 is 0 Å². The molecule has 5 heteroatoms. The lowest BCUT2D eigenvalue weighted by Gasteiger charge is -2.23. The molecule has 0 fully saturated rings. The van der Waals surface area contributed by atoms with E-state index in [1.54, 1.807) is 36.2 Å². The van der Waals surface area contributed by atoms with Crippen LogP contribution in [0.2, 0.25) is 5.02 Å². The van der Waals surface area contributed by atoms with Crippen molar-refractivity contribution in [2.24, 2.45) is 5.73 Å². The third-order valence-electron chi connectivity index (χ3n) is 3.62. The second-order valence-corrected chi connectivity index (χ2v) is 5.70. The highest BCUT2D eigenvalue weighted by Gasteiger charge is 2.22. The molecule has 0 aliphatic heterocycles. The Labute approximate surface area is 141 Å². The summed E-state index contributed by atoms with van der Waals surface area (Å²) in [6.07, 6.45) is 0. The number of benzene rings is 2. The van der Waals surface area contributed by atoms with Crippen molar-refractivity contribution in [3.8, 4) is 5.75 Å². The van der Waals surface area contributed by atoms with Crippen molar-refractivity contribution >= 4 is 17.5 Å². The van der Waals surface area contributed by atoms with E-state index in [2.05, 4.69) is 0 Å². The van der Waals surface area contributed by atoms with Crippen LogP contribution in [0.3, 0.4) is 0 Å². The fourth-order valence-electron chi connectivity index (χ4n) is 2.27. The van der Waals surface area contributed by atoms with Gasteiger partial charge in [-0.3, -0.25) is 4.79 Å². The van der Waals surface area contributed by atoms with Gasteiger partial charge >= 0.3 is 0 Å². The number of likely N-dealkylation sites (N-methyl/N-ethyl adjacent to an activating group) is 1. The molecule has 0 saturated heterocycles. The van der Waals surface area contributed by atoms with Gasteiger partial charge in [-0.25, -0.2) is 0 Å². The minimum atomic E-state index is -0.322. The molecule has 0 saturated carbocycles. The summed E-state index contributed by atoms with van der Waals surface area (Å²) in [5.74, 6) is 0.406. The molecule has 2 N–H and O–H groups in total. The molecule has 2 aromatic rings. The summed E-state index contributed by atoms with van der Waals surface area (Å²) in [7, 11) is 1.76. The minimum absolute atomic E-state index is 0.00148. The number of carbonyl (C=O) groups is 1. The maximum absolute atomic E-state index is 12.5. The Morgan fingerprint density at radius 2 is 1.83 bits per heavy atom. The summed E-state index contributed by atoms with van der Waals surface area (Å²) < 4.78 is 5.62. The Bertz CT molecular complexity index is 617. The third-order valence-corrected chi connectivity index (χ3v) is 3.87. The van der Waals surface area contributed by atoms with Gasteiger partial charge in [0.25, 0.3) is 0 Å². The molecule has 0 aromatic heterocycles. The van der Waals surface area contributed by atoms with Gasteiger partial charge in [-0.2, -0.15) is 0 Å². The van der Waals surface area contributed by atoms with Crippen LogP contribution >= 0.6 is 11.6 Å². The normalized spacial score (nSPS) is 11.8. The first-order valence-corrected chi connectivity index (χ1v) is 7.88. The molecule has 122 valence electrons. The van der Waals surface area contributed by atoms with E-state index in [0.717, 1.165) is 11.3 Å². The Balaban J connectivity index is 1.87. The third kappa shape index (κ3) is 4.98. The van der Waals surface area contributed by atoms with Crippen LogP contribution < -0.4 is 10.5 Å². The second-order valence-electron chi connectivity index (χ2n) is 5.26. The van der Waals surface area contributed by atoms with Gasteiger partial charge in [-0.15, -0.1) is 0 Å². The molecule has 1 unspecified atom stereocenters. The Hall–Kier alpha value is -2.04. The van der Waals surface area contributed by atoms with Crippen LogP contribution in [-0.4, -0.2) is 37.6 Å². The lowest BCUT2D eigenvalue weighted by molar-refractivity contribution is -0.131. The number of hydrogen-bond acceptors (Lipinski definition) is 3. The van der Waals surface area contributed by atoms with Crippen LogP contribution in [0.15, 0.2) is 54.6 Å². The monoisotopic (exact) mass is 332 g/mol. The van der Waals surface area contributed by atoms with Crippen LogP contribution in [0.1, 0.15) is 11.5 Å². The van der Waals surface area contributed by atoms with Crippen molar-refractivity contribution in [1.82, 2.24) is 4.90 Å². The summed E-state index contributed by atoms with van der Waals surface area (Å²) in [6.45, 7) is 1.19. The smallest absolute Gasteiger partial charge is 0.231 e. The van der Waals surface area contributed by atoms with E-state index in [0.29, 0.717) is 18.2 Å². The first-order valence-electron chi connectivity index (χ1n) is 7.50. The largest absolute Gasteiger partial charge is 0.492 e. The highest BCUT2D eigenvalue weighted by molar-refractivity contribution is 6.30. The number of nitrogens with two attached hydrogens (primary N) is 1. The van der Waals surface area contributed by atoms with E-state index in [1.807, 2.05) is 30.3 Å². The fourth-order valence-corrected chi connectivity index (χ4v) is 2.40. The molecular weight excluding hydrogens is 312 g/mol. The zero-order valence-electron chi connectivity index (χ0n) is 13.1. The Morgan fingerprint density at radius 1 is 1.17 bits per heavy atom. The van der Waals surface area contributed by atoms with Gasteiger partial charge in [-0.1, -0.05) is 41.9 Å². The minimum Gasteiger partial charge on any atom is -0.492 e. The van der Waals surface area contributed by atoms with Gasteiger partial charge in [-0.05, 0) is 29.8 Å². The molecule has 1 atom stereocenters. The second kappa shape index (κ2) is 8.56. The van der Waals surface area contributed by atoms with E-state index in [1.165, 1.54) is 0 Å². The van der Waals surface area contributed by atoms with E-state index in [9.17, 15) is 4.79 Å². The fraction of sp³-hybridized carbons (Fsp3) is 0.278. The lowest BCUT2D eigenvalue weighted by atomic mass is 9.98. The summed E-state index contributed by atoms with van der Waals surface area (Å²) >= 11 is 5.83. The number of halogens is 1. The molecule has 23 heavy (non-hydrogen) atoms. The van der Waals surface area contributed by atoms with E-state index >= 15 is 0 Å². The maximum atomic E-state index is 12.5. The quantitative estimate of drug-likeness (QED) is 0.848. The number of rotatable bonds is 7. The van der Waals surface area contributed by atoms with Crippen molar-refractivity contribution in [2.75, 3.05) is 26.7 Å². The molecule has 2 aromatic carbocycles. The number of carbonyl (C=O) groups excluding carboxylic acids is 1. The number of amides is 1. The van der Waals surface area contributed by atoms with Crippen LogP contribution in [0.5, 0.6) is 5.75 Å². The molecule has 0 radical (unpaired) electrons. The lowest BCUT2D eigenvalue weighted by Crippen LogP contribution is -2.37. The van der Waals surface area contributed by atoms with Crippen molar-refractivity contribution in [3.63, 3.8) is 0 Å². The molecule has 0 heterocycles. The highest BCUT2D eigenvalue weighted by Crippen LogP contribution is 2.17. The van der Waals surface area contributed by atoms with Crippen molar-refractivity contribution in [3.05, 3.63) is 65.2 Å². The maximum Gasteiger partial charge on any atom is 0.231 e. The van der Waals surface area contributed by atoms with Crippen LogP contribution in [0.4, 0.5) is 0 Å². The standard InChI is InChI=1S/C18H21ClN2O2/c1-21(11-12-23-16-9-7-15(19)8-10-16)18(22)17(13-20)14-5-3-2-4-6-14/h2-10,17H,11-13,20H2,1H3. The predicted octanol–water partition coefficient (Wildman–Crippen LogP) is 2.92. The van der Waals surface area contributed by atoms with Gasteiger partial charge in [0.1, 0.15) is 12.4 Å². The summed E-state index contributed by atoms with van der Waals surface area (Å²) in [5.41, 5.74) is 6.72. The molecule has 0 aliphatic rings. The molecule has 4 nitrogen and oxygen atoms in total. The van der Waals surface area contributed by atoms with E-state index in [4.69, 9.17) is 22.1 Å². The molecule has 0 bridgehead atoms.